The third kappa shape index (κ3) is 13.6. The molecule has 0 bridgehead atoms. The van der Waals surface area contributed by atoms with Gasteiger partial charge in [-0.1, -0.05) is 72.8 Å². The van der Waals surface area contributed by atoms with Crippen LogP contribution in [0.5, 0.6) is 0 Å². The maximum atomic E-state index is 14.5. The zero-order chi connectivity index (χ0) is 42.1. The number of nitrogens with zero attached hydrogens (tertiary/aromatic N) is 1. The van der Waals surface area contributed by atoms with E-state index in [9.17, 15) is 38.4 Å². The molecule has 59 heavy (non-hydrogen) atoms. The lowest BCUT2D eigenvalue weighted by atomic mass is 9.98. The van der Waals surface area contributed by atoms with Crippen molar-refractivity contribution in [3.05, 3.63) is 83.9 Å². The number of fused-ring (bicyclic) bond motifs is 2. The van der Waals surface area contributed by atoms with Crippen molar-refractivity contribution in [3.8, 4) is 0 Å². The van der Waals surface area contributed by atoms with Crippen molar-refractivity contribution in [1.29, 1.82) is 0 Å². The number of amides is 8. The highest BCUT2D eigenvalue weighted by atomic mass is 16.5. The summed E-state index contributed by atoms with van der Waals surface area (Å²) in [6, 6.07) is 18.4. The summed E-state index contributed by atoms with van der Waals surface area (Å²) in [5, 5.41) is 19.7. The minimum Gasteiger partial charge on any atom is -0.378 e. The Morgan fingerprint density at radius 2 is 1.47 bits per heavy atom. The van der Waals surface area contributed by atoms with E-state index >= 15 is 0 Å². The second kappa shape index (κ2) is 21.9. The second-order valence-electron chi connectivity index (χ2n) is 14.1. The first kappa shape index (κ1) is 43.7. The summed E-state index contributed by atoms with van der Waals surface area (Å²) in [6.07, 6.45) is -1.18. The van der Waals surface area contributed by atoms with E-state index in [0.29, 0.717) is 0 Å². The van der Waals surface area contributed by atoms with E-state index < -0.39 is 91.0 Å². The predicted molar refractivity (Wildman–Crippen MR) is 213 cm³/mol. The molecule has 0 saturated carbocycles. The molecule has 0 radical (unpaired) electrons. The quantitative estimate of drug-likeness (QED) is 0.140. The minimum absolute atomic E-state index is 0.00161. The third-order valence-electron chi connectivity index (χ3n) is 9.64. The summed E-state index contributed by atoms with van der Waals surface area (Å²) in [5.74, 6) is -5.17. The number of rotatable bonds is 8. The van der Waals surface area contributed by atoms with Crippen molar-refractivity contribution in [2.24, 2.45) is 0 Å². The molecule has 3 aromatic carbocycles. The summed E-state index contributed by atoms with van der Waals surface area (Å²) in [5.41, 5.74) is 1.58. The molecule has 2 saturated heterocycles. The van der Waals surface area contributed by atoms with Gasteiger partial charge in [0, 0.05) is 39.4 Å². The summed E-state index contributed by atoms with van der Waals surface area (Å²) >= 11 is 0. The van der Waals surface area contributed by atoms with Crippen molar-refractivity contribution in [2.45, 2.75) is 57.0 Å². The Kier molecular flexibility index (Phi) is 16.3. The molecule has 18 heteroatoms. The number of hydrogen-bond acceptors (Lipinski definition) is 10. The molecule has 4 atom stereocenters. The fraction of sp³-hybridized carbons (Fsp3) is 0.415. The number of carbonyl (C=O) groups excluding carboxylic acids is 8. The van der Waals surface area contributed by atoms with Crippen LogP contribution in [0.1, 0.15) is 30.9 Å². The fourth-order valence-corrected chi connectivity index (χ4v) is 6.70. The second-order valence-corrected chi connectivity index (χ2v) is 14.1. The smallest absolute Gasteiger partial charge is 0.246 e. The van der Waals surface area contributed by atoms with E-state index in [1.807, 2.05) is 72.8 Å². The molecule has 1 unspecified atom stereocenters. The van der Waals surface area contributed by atoms with Gasteiger partial charge < -0.3 is 51.6 Å². The number of benzene rings is 3. The van der Waals surface area contributed by atoms with Gasteiger partial charge in [0.25, 0.3) is 0 Å². The van der Waals surface area contributed by atoms with Gasteiger partial charge in [-0.3, -0.25) is 38.4 Å². The highest BCUT2D eigenvalue weighted by Crippen LogP contribution is 2.25. The van der Waals surface area contributed by atoms with Crippen LogP contribution in [0.4, 0.5) is 0 Å². The Morgan fingerprint density at radius 1 is 0.797 bits per heavy atom. The Hall–Kier alpha value is -6.40. The van der Waals surface area contributed by atoms with Crippen LogP contribution >= 0.6 is 0 Å². The van der Waals surface area contributed by atoms with Gasteiger partial charge >= 0.3 is 0 Å². The number of carbonyl (C=O) groups is 8. The maximum absolute atomic E-state index is 14.5. The highest BCUT2D eigenvalue weighted by Gasteiger charge is 2.44. The largest absolute Gasteiger partial charge is 0.378 e. The van der Waals surface area contributed by atoms with Gasteiger partial charge in [0.05, 0.1) is 52.0 Å². The van der Waals surface area contributed by atoms with Crippen LogP contribution in [-0.2, 0) is 60.9 Å². The lowest BCUT2D eigenvalue weighted by Gasteiger charge is -2.29. The normalized spacial score (nSPS) is 21.9. The van der Waals surface area contributed by atoms with E-state index in [0.717, 1.165) is 21.9 Å². The Morgan fingerprint density at radius 3 is 2.24 bits per heavy atom. The molecule has 3 aromatic rings. The van der Waals surface area contributed by atoms with Crippen LogP contribution in [0.3, 0.4) is 0 Å². The lowest BCUT2D eigenvalue weighted by Crippen LogP contribution is -2.58. The number of hydrogen-bond donors (Lipinski definition) is 7. The molecule has 7 N–H and O–H groups in total. The van der Waals surface area contributed by atoms with E-state index in [4.69, 9.17) is 9.47 Å². The molecular weight excluding hydrogens is 764 g/mol. The van der Waals surface area contributed by atoms with Gasteiger partial charge in [-0.15, -0.1) is 0 Å². The van der Waals surface area contributed by atoms with Gasteiger partial charge in [-0.05, 0) is 21.9 Å². The molecule has 2 heterocycles. The first-order chi connectivity index (χ1) is 28.5. The highest BCUT2D eigenvalue weighted by molar-refractivity contribution is 5.98. The van der Waals surface area contributed by atoms with E-state index in [1.165, 1.54) is 11.8 Å². The molecule has 0 aromatic heterocycles. The molecule has 2 aliphatic rings. The van der Waals surface area contributed by atoms with Gasteiger partial charge in [0.1, 0.15) is 18.1 Å². The Balaban J connectivity index is 1.45. The molecule has 2 fully saturated rings. The monoisotopic (exact) mass is 814 g/mol. The van der Waals surface area contributed by atoms with Gasteiger partial charge in [0.2, 0.25) is 47.3 Å². The summed E-state index contributed by atoms with van der Waals surface area (Å²) < 4.78 is 11.6. The molecule has 5 rings (SSSR count). The standard InChI is InChI=1S/C41H50N8O10/c1-26(50)44-23-38(54)47-33-20-35(51)42-14-16-58-17-15-43-36(52)21-45-37(53)22-46-39(55)32(18-29-12-7-11-28-10-5-6-13-31(28)29)48-40(56)34-19-30(24-49(34)41(33)57)59-25-27-8-3-2-4-9-27/h2-13,30,32-34H,14-25H2,1H3,(H,42,51)(H,43,52)(H,44,50)(H,45,53)(H,46,55)(H,47,54)(H,48,56)/t30?,32-,33+,34+/m1/s1. The van der Waals surface area contributed by atoms with Crippen molar-refractivity contribution in [3.63, 3.8) is 0 Å². The molecule has 0 aliphatic carbocycles. The number of ether oxygens (including phenoxy) is 2. The van der Waals surface area contributed by atoms with Crippen LogP contribution in [-0.4, -0.2) is 129 Å². The summed E-state index contributed by atoms with van der Waals surface area (Å²) in [7, 11) is 0. The fourth-order valence-electron chi connectivity index (χ4n) is 6.70. The van der Waals surface area contributed by atoms with Crippen molar-refractivity contribution in [2.75, 3.05) is 52.5 Å². The van der Waals surface area contributed by atoms with Crippen LogP contribution in [0, 0.1) is 0 Å². The zero-order valence-corrected chi connectivity index (χ0v) is 32.8. The SMILES string of the molecule is CC(=O)NCC(=O)N[C@H]1CC(=O)NCCOCCNC(=O)CNC(=O)CNC(=O)[C@@H](Cc2cccc3ccccc23)NC(=O)[C@@H]2CC(OCc3ccccc3)CN2C1=O. The van der Waals surface area contributed by atoms with E-state index in [-0.39, 0.29) is 58.8 Å². The maximum Gasteiger partial charge on any atom is 0.246 e. The molecule has 8 amide bonds. The van der Waals surface area contributed by atoms with Gasteiger partial charge in [0.15, 0.2) is 0 Å². The number of nitrogens with one attached hydrogen (secondary N) is 7. The lowest BCUT2D eigenvalue weighted by molar-refractivity contribution is -0.143. The van der Waals surface area contributed by atoms with Crippen LogP contribution in [0.15, 0.2) is 72.8 Å². The van der Waals surface area contributed by atoms with Gasteiger partial charge in [-0.25, -0.2) is 0 Å². The molecule has 314 valence electrons. The van der Waals surface area contributed by atoms with Crippen molar-refractivity contribution in [1.82, 2.24) is 42.1 Å². The molecule has 18 nitrogen and oxygen atoms in total. The van der Waals surface area contributed by atoms with Crippen molar-refractivity contribution >= 4 is 58.0 Å². The predicted octanol–water partition coefficient (Wildman–Crippen LogP) is -1.44. The Bertz CT molecular complexity index is 1990. The minimum atomic E-state index is -1.47. The molecule has 2 aliphatic heterocycles. The van der Waals surface area contributed by atoms with Gasteiger partial charge in [-0.2, -0.15) is 0 Å². The first-order valence-electron chi connectivity index (χ1n) is 19.4. The van der Waals surface area contributed by atoms with E-state index in [1.54, 1.807) is 0 Å². The van der Waals surface area contributed by atoms with Crippen molar-refractivity contribution < 1.29 is 47.8 Å². The van der Waals surface area contributed by atoms with Crippen LogP contribution in [0.2, 0.25) is 0 Å². The van der Waals surface area contributed by atoms with E-state index in [2.05, 4.69) is 37.2 Å². The van der Waals surface area contributed by atoms with Crippen LogP contribution in [0.25, 0.3) is 10.8 Å². The molecule has 0 spiro atoms. The Labute approximate surface area is 340 Å². The summed E-state index contributed by atoms with van der Waals surface area (Å²) in [6.45, 7) is 0.258. The summed E-state index contributed by atoms with van der Waals surface area (Å²) in [4.78, 5) is 107. The average molecular weight is 815 g/mol. The topological polar surface area (TPSA) is 242 Å². The first-order valence-corrected chi connectivity index (χ1v) is 19.4. The van der Waals surface area contributed by atoms with Crippen LogP contribution < -0.4 is 37.2 Å². The third-order valence-corrected chi connectivity index (χ3v) is 9.64. The molecular formula is C41H50N8O10. The average Bonchev–Trinajstić information content (AvgIpc) is 3.67. The zero-order valence-electron chi connectivity index (χ0n) is 32.8.